The predicted octanol–water partition coefficient (Wildman–Crippen LogP) is 5.85. The standard InChI is InChI=1S/C23H19Cl2F5N2O4S/c24-16-5-15(6-17(25)19(16)26)22(23(28,29)30)7-18(31-36-22)12-1-3-14(4-2-12)21(27)10-32(11-21)20(33)13-8-37(34,35)9-13/h1-7,13,31,34-35H,8-11H2. The number of hydroxylamine groups is 1. The summed E-state index contributed by atoms with van der Waals surface area (Å²) < 4.78 is 90.6. The van der Waals surface area contributed by atoms with Crippen LogP contribution in [-0.2, 0) is 20.9 Å². The normalized spacial score (nSPS) is 25.5. The molecule has 2 fully saturated rings. The third-order valence-corrected chi connectivity index (χ3v) is 9.12. The van der Waals surface area contributed by atoms with Gasteiger partial charge in [-0.1, -0.05) is 47.5 Å². The first-order valence-corrected chi connectivity index (χ1v) is 13.5. The lowest BCUT2D eigenvalue weighted by molar-refractivity contribution is -0.269. The summed E-state index contributed by atoms with van der Waals surface area (Å²) in [5.41, 5.74) is -2.73. The average Bonchev–Trinajstić information content (AvgIpc) is 3.25. The van der Waals surface area contributed by atoms with Crippen molar-refractivity contribution in [3.63, 3.8) is 0 Å². The van der Waals surface area contributed by atoms with Crippen molar-refractivity contribution in [3.05, 3.63) is 75.0 Å². The van der Waals surface area contributed by atoms with Crippen molar-refractivity contribution in [2.24, 2.45) is 5.92 Å². The molecule has 3 aliphatic heterocycles. The molecule has 1 unspecified atom stereocenters. The Labute approximate surface area is 219 Å². The van der Waals surface area contributed by atoms with E-state index >= 15 is 4.39 Å². The summed E-state index contributed by atoms with van der Waals surface area (Å²) in [7, 11) is -2.69. The highest BCUT2D eigenvalue weighted by Gasteiger charge is 2.60. The van der Waals surface area contributed by atoms with Gasteiger partial charge in [-0.15, -0.1) is 0 Å². The van der Waals surface area contributed by atoms with Crippen molar-refractivity contribution in [2.75, 3.05) is 24.6 Å². The first-order valence-electron chi connectivity index (χ1n) is 10.8. The van der Waals surface area contributed by atoms with Crippen LogP contribution in [0, 0.1) is 11.7 Å². The number of nitrogens with one attached hydrogen (secondary N) is 1. The summed E-state index contributed by atoms with van der Waals surface area (Å²) in [6.45, 7) is -0.428. The Morgan fingerprint density at radius 1 is 1.08 bits per heavy atom. The maximum Gasteiger partial charge on any atom is 0.428 e. The quantitative estimate of drug-likeness (QED) is 0.310. The number of hydrogen-bond donors (Lipinski definition) is 3. The lowest BCUT2D eigenvalue weighted by Crippen LogP contribution is -2.62. The number of hydrogen-bond acceptors (Lipinski definition) is 5. The maximum atomic E-state index is 15.4. The van der Waals surface area contributed by atoms with Crippen LogP contribution in [0.1, 0.15) is 16.7 Å². The van der Waals surface area contributed by atoms with Crippen molar-refractivity contribution in [3.8, 4) is 0 Å². The fourth-order valence-electron chi connectivity index (χ4n) is 4.60. The van der Waals surface area contributed by atoms with E-state index in [-0.39, 0.29) is 47.3 Å². The third kappa shape index (κ3) is 4.47. The van der Waals surface area contributed by atoms with Crippen LogP contribution in [0.4, 0.5) is 22.0 Å². The SMILES string of the molecule is O=C(C1CS(O)(O)C1)N1CC(F)(c2ccc(C3=CC(c4cc(Cl)c(F)c(Cl)c4)(C(F)(F)F)ON3)cc2)C1. The number of benzene rings is 2. The molecular formula is C23H19Cl2F5N2O4S. The zero-order valence-corrected chi connectivity index (χ0v) is 21.0. The van der Waals surface area contributed by atoms with Crippen molar-refractivity contribution < 1.29 is 40.7 Å². The number of amides is 1. The molecule has 2 aromatic rings. The highest BCUT2D eigenvalue weighted by molar-refractivity contribution is 8.25. The molecule has 0 aliphatic carbocycles. The van der Waals surface area contributed by atoms with Crippen molar-refractivity contribution in [1.82, 2.24) is 10.4 Å². The van der Waals surface area contributed by atoms with Crippen LogP contribution in [0.3, 0.4) is 0 Å². The van der Waals surface area contributed by atoms with E-state index in [2.05, 4.69) is 5.48 Å². The number of carbonyl (C=O) groups is 1. The van der Waals surface area contributed by atoms with Crippen molar-refractivity contribution >= 4 is 45.4 Å². The highest BCUT2D eigenvalue weighted by Crippen LogP contribution is 2.53. The zero-order valence-electron chi connectivity index (χ0n) is 18.7. The number of likely N-dealkylation sites (tertiary alicyclic amines) is 1. The van der Waals surface area contributed by atoms with Crippen LogP contribution in [-0.4, -0.2) is 50.7 Å². The molecule has 3 aliphatic rings. The summed E-state index contributed by atoms with van der Waals surface area (Å²) in [6.07, 6.45) is -4.22. The Hall–Kier alpha value is -2.09. The molecule has 6 nitrogen and oxygen atoms in total. The molecule has 1 atom stereocenters. The zero-order chi connectivity index (χ0) is 27.0. The van der Waals surface area contributed by atoms with Gasteiger partial charge in [0.2, 0.25) is 11.5 Å². The predicted molar refractivity (Wildman–Crippen MR) is 128 cm³/mol. The van der Waals surface area contributed by atoms with Gasteiger partial charge < -0.3 is 4.90 Å². The Morgan fingerprint density at radius 3 is 2.16 bits per heavy atom. The highest BCUT2D eigenvalue weighted by atomic mass is 35.5. The van der Waals surface area contributed by atoms with Gasteiger partial charge in [-0.2, -0.15) is 23.8 Å². The van der Waals surface area contributed by atoms with Crippen LogP contribution in [0.2, 0.25) is 10.0 Å². The Morgan fingerprint density at radius 2 is 1.65 bits per heavy atom. The topological polar surface area (TPSA) is 82.0 Å². The fraction of sp³-hybridized carbons (Fsp3) is 0.348. The van der Waals surface area contributed by atoms with Gasteiger partial charge in [0.25, 0.3) is 0 Å². The van der Waals surface area contributed by atoms with Gasteiger partial charge in [0.1, 0.15) is 0 Å². The number of nitrogens with zero attached hydrogens (tertiary/aromatic N) is 1. The van der Waals surface area contributed by atoms with Gasteiger partial charge >= 0.3 is 6.18 Å². The summed E-state index contributed by atoms with van der Waals surface area (Å²) in [6, 6.07) is 7.17. The third-order valence-electron chi connectivity index (χ3n) is 6.70. The Kier molecular flexibility index (Phi) is 6.25. The Bertz CT molecular complexity index is 1270. The van der Waals surface area contributed by atoms with E-state index in [1.54, 1.807) is 0 Å². The second-order valence-electron chi connectivity index (χ2n) is 9.32. The van der Waals surface area contributed by atoms with Gasteiger partial charge in [-0.05, 0) is 29.3 Å². The number of carbonyl (C=O) groups excluding carboxylic acids is 1. The van der Waals surface area contributed by atoms with Crippen LogP contribution in [0.5, 0.6) is 0 Å². The second-order valence-corrected chi connectivity index (χ2v) is 12.4. The summed E-state index contributed by atoms with van der Waals surface area (Å²) in [5.74, 6) is -1.96. The minimum absolute atomic E-state index is 0.0176. The molecule has 200 valence electrons. The lowest BCUT2D eigenvalue weighted by Gasteiger charge is -2.51. The second kappa shape index (κ2) is 8.72. The smallest absolute Gasteiger partial charge is 0.335 e. The molecule has 0 bridgehead atoms. The first kappa shape index (κ1) is 26.5. The van der Waals surface area contributed by atoms with E-state index in [1.165, 1.54) is 29.2 Å². The largest absolute Gasteiger partial charge is 0.428 e. The molecule has 1 amide bonds. The number of alkyl halides is 4. The number of rotatable bonds is 4. The lowest BCUT2D eigenvalue weighted by atomic mass is 9.86. The molecule has 0 spiro atoms. The van der Waals surface area contributed by atoms with E-state index in [4.69, 9.17) is 28.0 Å². The van der Waals surface area contributed by atoms with Crippen LogP contribution >= 0.6 is 33.8 Å². The molecular weight excluding hydrogens is 566 g/mol. The molecule has 0 radical (unpaired) electrons. The van der Waals surface area contributed by atoms with E-state index in [0.29, 0.717) is 0 Å². The molecule has 3 heterocycles. The monoisotopic (exact) mass is 584 g/mol. The fourth-order valence-corrected chi connectivity index (χ4v) is 6.56. The van der Waals surface area contributed by atoms with Crippen LogP contribution < -0.4 is 5.48 Å². The minimum atomic E-state index is -4.98. The van der Waals surface area contributed by atoms with Gasteiger partial charge in [0.05, 0.1) is 46.3 Å². The van der Waals surface area contributed by atoms with Gasteiger partial charge in [0.15, 0.2) is 11.5 Å². The first-order chi connectivity index (χ1) is 17.1. The van der Waals surface area contributed by atoms with E-state index in [9.17, 15) is 31.5 Å². The molecule has 5 rings (SSSR count). The average molecular weight is 585 g/mol. The molecule has 37 heavy (non-hydrogen) atoms. The molecule has 0 aromatic heterocycles. The van der Waals surface area contributed by atoms with Crippen LogP contribution in [0.15, 0.2) is 42.5 Å². The maximum absolute atomic E-state index is 15.4. The van der Waals surface area contributed by atoms with E-state index in [0.717, 1.165) is 18.2 Å². The van der Waals surface area contributed by atoms with Gasteiger partial charge in [0, 0.05) is 5.56 Å². The van der Waals surface area contributed by atoms with Crippen molar-refractivity contribution in [1.29, 1.82) is 0 Å². The summed E-state index contributed by atoms with van der Waals surface area (Å²) in [5, 5.41) is -1.21. The van der Waals surface area contributed by atoms with Crippen LogP contribution in [0.25, 0.3) is 5.70 Å². The molecule has 2 saturated heterocycles. The molecule has 3 N–H and O–H groups in total. The summed E-state index contributed by atoms with van der Waals surface area (Å²) >= 11 is 11.4. The van der Waals surface area contributed by atoms with Crippen molar-refractivity contribution in [2.45, 2.75) is 17.4 Å². The van der Waals surface area contributed by atoms with Gasteiger partial charge in [-0.25, -0.2) is 8.78 Å². The molecule has 14 heteroatoms. The molecule has 0 saturated carbocycles. The molecule has 2 aromatic carbocycles. The summed E-state index contributed by atoms with van der Waals surface area (Å²) in [4.78, 5) is 18.6. The Balaban J connectivity index is 1.35. The minimum Gasteiger partial charge on any atom is -0.335 e. The van der Waals surface area contributed by atoms with E-state index in [1.807, 2.05) is 0 Å². The number of halogens is 7. The van der Waals surface area contributed by atoms with Gasteiger partial charge in [-0.3, -0.25) is 24.2 Å². The van der Waals surface area contributed by atoms with E-state index < -0.39 is 55.4 Å².